The van der Waals surface area contributed by atoms with Crippen LogP contribution in [-0.2, 0) is 0 Å². The Morgan fingerprint density at radius 2 is 1.56 bits per heavy atom. The minimum Gasteiger partial charge on any atom is -0.127 e. The van der Waals surface area contributed by atoms with E-state index >= 15 is 0 Å². The number of hydrogen-bond donors (Lipinski definition) is 0. The maximum atomic E-state index is 5.52. The molecule has 0 bridgehead atoms. The zero-order chi connectivity index (χ0) is 6.62. The standard InChI is InChI=1S/C3H6Cl4Si.H4Si/c4-2-1-3-8(5,6)7;/h1-3H2;1H4. The van der Waals surface area contributed by atoms with Gasteiger partial charge < -0.3 is 0 Å². The lowest BCUT2D eigenvalue weighted by atomic mass is 10.6. The molecule has 0 aromatic rings. The van der Waals surface area contributed by atoms with Gasteiger partial charge in [-0.3, -0.25) is 0 Å². The van der Waals surface area contributed by atoms with Gasteiger partial charge in [0.15, 0.2) is 0 Å². The van der Waals surface area contributed by atoms with Gasteiger partial charge in [0.2, 0.25) is 0 Å². The Bertz CT molecular complexity index is 61.3. The zero-order valence-electron chi connectivity index (χ0n) is 4.13. The van der Waals surface area contributed by atoms with Gasteiger partial charge in [-0.2, -0.15) is 0 Å². The number of alkyl halides is 1. The molecule has 0 aromatic carbocycles. The van der Waals surface area contributed by atoms with Crippen LogP contribution in [0, 0.1) is 0 Å². The molecule has 0 saturated carbocycles. The van der Waals surface area contributed by atoms with Crippen molar-refractivity contribution in [3.05, 3.63) is 0 Å². The summed E-state index contributed by atoms with van der Waals surface area (Å²) in [6.07, 6.45) is 0.810. The van der Waals surface area contributed by atoms with E-state index in [0.717, 1.165) is 6.42 Å². The van der Waals surface area contributed by atoms with E-state index in [2.05, 4.69) is 0 Å². The number of hydrogen-bond acceptors (Lipinski definition) is 0. The van der Waals surface area contributed by atoms with Crippen LogP contribution in [-0.4, -0.2) is 22.8 Å². The Hall–Kier alpha value is 1.59. The Morgan fingerprint density at radius 1 is 1.11 bits per heavy atom. The first-order valence-electron chi connectivity index (χ1n) is 2.19. The van der Waals surface area contributed by atoms with E-state index in [-0.39, 0.29) is 11.0 Å². The summed E-state index contributed by atoms with van der Waals surface area (Å²) in [5, 5.41) is 0. The first kappa shape index (κ1) is 13.2. The lowest BCUT2D eigenvalue weighted by molar-refractivity contribution is 1.08. The summed E-state index contributed by atoms with van der Waals surface area (Å²) in [5.41, 5.74) is 0. The van der Waals surface area contributed by atoms with Crippen molar-refractivity contribution < 1.29 is 0 Å². The number of rotatable bonds is 3. The molecule has 0 aromatic heterocycles. The van der Waals surface area contributed by atoms with Crippen molar-refractivity contribution in [2.24, 2.45) is 0 Å². The van der Waals surface area contributed by atoms with Crippen molar-refractivity contribution >= 4 is 61.8 Å². The number of halogens is 4. The second-order valence-corrected chi connectivity index (χ2v) is 11.1. The van der Waals surface area contributed by atoms with E-state index in [9.17, 15) is 0 Å². The van der Waals surface area contributed by atoms with Crippen molar-refractivity contribution in [2.45, 2.75) is 12.5 Å². The maximum absolute atomic E-state index is 5.52. The molecule has 58 valence electrons. The third kappa shape index (κ3) is 12.7. The minimum atomic E-state index is -2.35. The van der Waals surface area contributed by atoms with Crippen LogP contribution in [0.5, 0.6) is 0 Å². The molecule has 0 nitrogen and oxygen atoms in total. The summed E-state index contributed by atoms with van der Waals surface area (Å²) in [4.78, 5) is 0. The van der Waals surface area contributed by atoms with E-state index in [1.807, 2.05) is 0 Å². The minimum absolute atomic E-state index is 0. The van der Waals surface area contributed by atoms with E-state index < -0.39 is 6.00 Å². The highest BCUT2D eigenvalue weighted by atomic mass is 35.8. The predicted octanol–water partition coefficient (Wildman–Crippen LogP) is 1.82. The van der Waals surface area contributed by atoms with Gasteiger partial charge in [-0.15, -0.1) is 44.8 Å². The van der Waals surface area contributed by atoms with Crippen LogP contribution < -0.4 is 0 Å². The highest BCUT2D eigenvalue weighted by molar-refractivity contribution is 7.64. The van der Waals surface area contributed by atoms with Crippen LogP contribution in [0.25, 0.3) is 0 Å². The molecule has 0 N–H and O–H groups in total. The van der Waals surface area contributed by atoms with Crippen LogP contribution >= 0.6 is 44.8 Å². The van der Waals surface area contributed by atoms with Gasteiger partial charge in [-0.05, 0) is 23.4 Å². The first-order chi connectivity index (χ1) is 3.56. The summed E-state index contributed by atoms with van der Waals surface area (Å²) in [6, 6.07) is -1.68. The molecule has 0 amide bonds. The Balaban J connectivity index is 0. The topological polar surface area (TPSA) is 0 Å². The van der Waals surface area contributed by atoms with Gasteiger partial charge in [0.25, 0.3) is 0 Å². The van der Waals surface area contributed by atoms with Crippen LogP contribution in [0.2, 0.25) is 6.04 Å². The average Bonchev–Trinajstić information content (AvgIpc) is 1.59. The third-order valence-corrected chi connectivity index (χ3v) is 3.48. The molecular formula is C3H10Cl4Si2. The molecule has 0 unspecified atom stereocenters. The van der Waals surface area contributed by atoms with Gasteiger partial charge >= 0.3 is 6.00 Å². The third-order valence-electron chi connectivity index (χ3n) is 0.594. The van der Waals surface area contributed by atoms with Crippen LogP contribution in [0.4, 0.5) is 0 Å². The molecule has 0 aliphatic heterocycles. The molecule has 6 heteroatoms. The van der Waals surface area contributed by atoms with Gasteiger partial charge in [-0.25, -0.2) is 0 Å². The average molecular weight is 244 g/mol. The predicted molar refractivity (Wildman–Crippen MR) is 54.8 cm³/mol. The molecule has 0 fully saturated rings. The van der Waals surface area contributed by atoms with Crippen LogP contribution in [0.15, 0.2) is 0 Å². The van der Waals surface area contributed by atoms with Crippen molar-refractivity contribution in [1.82, 2.24) is 0 Å². The van der Waals surface area contributed by atoms with Gasteiger partial charge in [0.05, 0.1) is 0 Å². The summed E-state index contributed by atoms with van der Waals surface area (Å²) < 4.78 is 0. The second kappa shape index (κ2) is 6.31. The summed E-state index contributed by atoms with van der Waals surface area (Å²) >= 11 is 21.9. The molecule has 0 atom stereocenters. The monoisotopic (exact) mass is 242 g/mol. The van der Waals surface area contributed by atoms with Crippen molar-refractivity contribution in [3.8, 4) is 0 Å². The lowest BCUT2D eigenvalue weighted by Crippen LogP contribution is -2.07. The summed E-state index contributed by atoms with van der Waals surface area (Å²) in [7, 11) is 0. The summed E-state index contributed by atoms with van der Waals surface area (Å²) in [6.45, 7) is 0. The highest BCUT2D eigenvalue weighted by Crippen LogP contribution is 2.26. The fourth-order valence-electron chi connectivity index (χ4n) is 0.267. The molecule has 9 heavy (non-hydrogen) atoms. The molecule has 0 heterocycles. The fourth-order valence-corrected chi connectivity index (χ4v) is 2.41. The van der Waals surface area contributed by atoms with Crippen LogP contribution in [0.1, 0.15) is 6.42 Å². The summed E-state index contributed by atoms with van der Waals surface area (Å²) in [5.74, 6) is 0.584. The second-order valence-electron chi connectivity index (χ2n) is 1.41. The molecule has 0 rings (SSSR count). The maximum Gasteiger partial charge on any atom is 0.341 e. The van der Waals surface area contributed by atoms with E-state index in [1.54, 1.807) is 0 Å². The highest BCUT2D eigenvalue weighted by Gasteiger charge is 2.23. The van der Waals surface area contributed by atoms with Crippen molar-refractivity contribution in [3.63, 3.8) is 0 Å². The molecule has 0 radical (unpaired) electrons. The van der Waals surface area contributed by atoms with Crippen LogP contribution in [0.3, 0.4) is 0 Å². The van der Waals surface area contributed by atoms with E-state index in [1.165, 1.54) is 0 Å². The van der Waals surface area contributed by atoms with Crippen molar-refractivity contribution in [1.29, 1.82) is 0 Å². The molecule has 0 spiro atoms. The van der Waals surface area contributed by atoms with E-state index in [4.69, 9.17) is 44.8 Å². The first-order valence-corrected chi connectivity index (χ1v) is 7.96. The normalized spacial score (nSPS) is 10.7. The zero-order valence-corrected chi connectivity index (χ0v) is 8.16. The van der Waals surface area contributed by atoms with Gasteiger partial charge in [-0.1, -0.05) is 0 Å². The quantitative estimate of drug-likeness (QED) is 0.403. The van der Waals surface area contributed by atoms with Gasteiger partial charge in [0, 0.05) is 5.88 Å². The Labute approximate surface area is 80.0 Å². The fraction of sp³-hybridized carbons (Fsp3) is 1.00. The lowest BCUT2D eigenvalue weighted by Gasteiger charge is -2.03. The molecular weight excluding hydrogens is 234 g/mol. The SMILES string of the molecule is ClCCC[Si](Cl)(Cl)Cl.[SiH4]. The Kier molecular flexibility index (Phi) is 9.26. The van der Waals surface area contributed by atoms with Crippen molar-refractivity contribution in [2.75, 3.05) is 5.88 Å². The molecule has 0 aliphatic carbocycles. The molecule has 0 saturated heterocycles. The molecule has 0 aliphatic rings. The largest absolute Gasteiger partial charge is 0.341 e. The van der Waals surface area contributed by atoms with Gasteiger partial charge in [0.1, 0.15) is 0 Å². The van der Waals surface area contributed by atoms with E-state index in [0.29, 0.717) is 11.9 Å². The Morgan fingerprint density at radius 3 is 1.67 bits per heavy atom. The smallest absolute Gasteiger partial charge is 0.127 e.